The lowest BCUT2D eigenvalue weighted by molar-refractivity contribution is -0.147. The molecule has 0 radical (unpaired) electrons. The van der Waals surface area contributed by atoms with Gasteiger partial charge in [0.05, 0.1) is 6.54 Å². The maximum atomic E-state index is 12.6. The van der Waals surface area contributed by atoms with Crippen LogP contribution in [-0.4, -0.2) is 36.3 Å². The van der Waals surface area contributed by atoms with Crippen molar-refractivity contribution < 1.29 is 17.9 Å². The average molecular weight is 300 g/mol. The molecule has 3 rings (SSSR count). The lowest BCUT2D eigenvalue weighted by Gasteiger charge is -2.29. The second-order valence-corrected chi connectivity index (χ2v) is 6.00. The maximum absolute atomic E-state index is 12.6. The van der Waals surface area contributed by atoms with Gasteiger partial charge in [0.1, 0.15) is 11.9 Å². The van der Waals surface area contributed by atoms with Crippen LogP contribution in [0.3, 0.4) is 0 Å². The first-order chi connectivity index (χ1) is 9.90. The molecule has 3 unspecified atom stereocenters. The van der Waals surface area contributed by atoms with Gasteiger partial charge in [0, 0.05) is 24.2 Å². The second kappa shape index (κ2) is 5.40. The Balaban J connectivity index is 1.62. The van der Waals surface area contributed by atoms with Crippen LogP contribution < -0.4 is 10.5 Å². The van der Waals surface area contributed by atoms with Crippen molar-refractivity contribution in [2.24, 2.45) is 5.92 Å². The summed E-state index contributed by atoms with van der Waals surface area (Å²) in [5, 5.41) is 0. The Morgan fingerprint density at radius 1 is 1.19 bits per heavy atom. The molecule has 2 bridgehead atoms. The normalized spacial score (nSPS) is 29.6. The lowest BCUT2D eigenvalue weighted by atomic mass is 9.87. The van der Waals surface area contributed by atoms with E-state index in [1.54, 1.807) is 17.0 Å². The number of nitrogen functional groups attached to an aromatic ring is 1. The Kier molecular flexibility index (Phi) is 3.73. The molecule has 21 heavy (non-hydrogen) atoms. The third-order valence-electron chi connectivity index (χ3n) is 4.42. The summed E-state index contributed by atoms with van der Waals surface area (Å²) in [5.41, 5.74) is 6.30. The van der Waals surface area contributed by atoms with Crippen LogP contribution in [0.1, 0.15) is 19.3 Å². The van der Waals surface area contributed by atoms with Gasteiger partial charge in [0.2, 0.25) is 0 Å². The lowest BCUT2D eigenvalue weighted by Crippen LogP contribution is -2.37. The Bertz CT molecular complexity index is 489. The smallest absolute Gasteiger partial charge is 0.401 e. The van der Waals surface area contributed by atoms with Gasteiger partial charge in [-0.3, -0.25) is 4.90 Å². The highest BCUT2D eigenvalue weighted by atomic mass is 19.4. The third-order valence-corrected chi connectivity index (χ3v) is 4.42. The zero-order chi connectivity index (χ0) is 15.0. The number of anilines is 1. The molecule has 1 aliphatic carbocycles. The van der Waals surface area contributed by atoms with Crippen LogP contribution in [0.25, 0.3) is 0 Å². The maximum Gasteiger partial charge on any atom is 0.401 e. The SMILES string of the molecule is Nc1ccc(OC2CCC3CC2CN3CC(F)(F)F)cc1. The molecule has 1 aromatic carbocycles. The molecule has 0 spiro atoms. The highest BCUT2D eigenvalue weighted by molar-refractivity contribution is 5.41. The minimum absolute atomic E-state index is 0.00288. The van der Waals surface area contributed by atoms with Crippen molar-refractivity contribution in [3.63, 3.8) is 0 Å². The summed E-state index contributed by atoms with van der Waals surface area (Å²) in [6.45, 7) is -0.327. The Hall–Kier alpha value is -1.43. The van der Waals surface area contributed by atoms with E-state index < -0.39 is 12.7 Å². The van der Waals surface area contributed by atoms with Crippen LogP contribution in [0.5, 0.6) is 5.75 Å². The number of benzene rings is 1. The summed E-state index contributed by atoms with van der Waals surface area (Å²) in [6.07, 6.45) is -1.73. The summed E-state index contributed by atoms with van der Waals surface area (Å²) < 4.78 is 43.6. The number of nitrogens with two attached hydrogens (primary N) is 1. The van der Waals surface area contributed by atoms with Crippen LogP contribution in [-0.2, 0) is 0 Å². The number of alkyl halides is 3. The van der Waals surface area contributed by atoms with Gasteiger partial charge in [-0.05, 0) is 43.5 Å². The van der Waals surface area contributed by atoms with Crippen molar-refractivity contribution in [2.45, 2.75) is 37.6 Å². The number of nitrogens with zero attached hydrogens (tertiary/aromatic N) is 1. The minimum Gasteiger partial charge on any atom is -0.490 e. The van der Waals surface area contributed by atoms with Gasteiger partial charge < -0.3 is 10.5 Å². The Morgan fingerprint density at radius 2 is 1.90 bits per heavy atom. The molecule has 3 nitrogen and oxygen atoms in total. The molecule has 0 aromatic heterocycles. The Morgan fingerprint density at radius 3 is 2.57 bits per heavy atom. The quantitative estimate of drug-likeness (QED) is 0.872. The number of hydrogen-bond acceptors (Lipinski definition) is 3. The highest BCUT2D eigenvalue weighted by Crippen LogP contribution is 2.39. The van der Waals surface area contributed by atoms with Crippen molar-refractivity contribution in [3.05, 3.63) is 24.3 Å². The molecule has 1 aliphatic heterocycles. The van der Waals surface area contributed by atoms with E-state index in [0.29, 0.717) is 12.2 Å². The summed E-state index contributed by atoms with van der Waals surface area (Å²) in [6, 6.07) is 7.22. The fourth-order valence-electron chi connectivity index (χ4n) is 3.49. The number of halogens is 3. The first kappa shape index (κ1) is 14.5. The molecule has 3 atom stereocenters. The Labute approximate surface area is 121 Å². The summed E-state index contributed by atoms with van der Waals surface area (Å²) in [4.78, 5) is 1.57. The van der Waals surface area contributed by atoms with Crippen molar-refractivity contribution in [1.82, 2.24) is 4.90 Å². The van der Waals surface area contributed by atoms with E-state index in [1.165, 1.54) is 0 Å². The van der Waals surface area contributed by atoms with E-state index in [1.807, 2.05) is 12.1 Å². The molecule has 2 N–H and O–H groups in total. The van der Waals surface area contributed by atoms with E-state index >= 15 is 0 Å². The van der Waals surface area contributed by atoms with Crippen molar-refractivity contribution >= 4 is 5.69 Å². The van der Waals surface area contributed by atoms with Crippen LogP contribution in [0, 0.1) is 5.92 Å². The highest BCUT2D eigenvalue weighted by Gasteiger charge is 2.45. The zero-order valence-corrected chi connectivity index (χ0v) is 11.6. The van der Waals surface area contributed by atoms with Crippen LogP contribution in [0.15, 0.2) is 24.3 Å². The van der Waals surface area contributed by atoms with Crippen molar-refractivity contribution in [2.75, 3.05) is 18.8 Å². The monoisotopic (exact) mass is 300 g/mol. The molecule has 0 amide bonds. The van der Waals surface area contributed by atoms with Crippen LogP contribution >= 0.6 is 0 Å². The fourth-order valence-corrected chi connectivity index (χ4v) is 3.49. The molecule has 2 fully saturated rings. The van der Waals surface area contributed by atoms with E-state index in [2.05, 4.69) is 0 Å². The molecule has 1 saturated heterocycles. The van der Waals surface area contributed by atoms with Gasteiger partial charge in [-0.25, -0.2) is 0 Å². The van der Waals surface area contributed by atoms with Gasteiger partial charge in [0.15, 0.2) is 0 Å². The molecule has 2 aliphatic rings. The van der Waals surface area contributed by atoms with E-state index in [9.17, 15) is 13.2 Å². The largest absolute Gasteiger partial charge is 0.490 e. The van der Waals surface area contributed by atoms with E-state index in [0.717, 1.165) is 25.0 Å². The second-order valence-electron chi connectivity index (χ2n) is 6.00. The molecular formula is C15H19F3N2O. The fraction of sp³-hybridized carbons (Fsp3) is 0.600. The predicted molar refractivity (Wildman–Crippen MR) is 74.0 cm³/mol. The first-order valence-corrected chi connectivity index (χ1v) is 7.24. The van der Waals surface area contributed by atoms with Crippen molar-refractivity contribution in [3.8, 4) is 5.75 Å². The molecule has 1 saturated carbocycles. The van der Waals surface area contributed by atoms with E-state index in [4.69, 9.17) is 10.5 Å². The number of ether oxygens (including phenoxy) is 1. The average Bonchev–Trinajstić information content (AvgIpc) is 2.71. The van der Waals surface area contributed by atoms with Crippen molar-refractivity contribution in [1.29, 1.82) is 0 Å². The predicted octanol–water partition coefficient (Wildman–Crippen LogP) is 3.06. The van der Waals surface area contributed by atoms with Crippen LogP contribution in [0.4, 0.5) is 18.9 Å². The van der Waals surface area contributed by atoms with Crippen LogP contribution in [0.2, 0.25) is 0 Å². The molecule has 116 valence electrons. The van der Waals surface area contributed by atoms with Gasteiger partial charge in [-0.1, -0.05) is 0 Å². The molecule has 1 heterocycles. The van der Waals surface area contributed by atoms with Gasteiger partial charge in [-0.15, -0.1) is 0 Å². The number of hydrogen-bond donors (Lipinski definition) is 1. The molecule has 1 aromatic rings. The van der Waals surface area contributed by atoms with Gasteiger partial charge in [0.25, 0.3) is 0 Å². The van der Waals surface area contributed by atoms with E-state index in [-0.39, 0.29) is 18.1 Å². The molecular weight excluding hydrogens is 281 g/mol. The number of fused-ring (bicyclic) bond motifs is 2. The van der Waals surface area contributed by atoms with Gasteiger partial charge in [-0.2, -0.15) is 13.2 Å². The summed E-state index contributed by atoms with van der Waals surface area (Å²) in [5.74, 6) is 0.922. The topological polar surface area (TPSA) is 38.5 Å². The number of rotatable bonds is 3. The minimum atomic E-state index is -4.12. The summed E-state index contributed by atoms with van der Waals surface area (Å²) in [7, 11) is 0. The third kappa shape index (κ3) is 3.43. The first-order valence-electron chi connectivity index (χ1n) is 7.24. The molecule has 6 heteroatoms. The summed E-state index contributed by atoms with van der Waals surface area (Å²) >= 11 is 0. The number of likely N-dealkylation sites (tertiary alicyclic amines) is 1. The zero-order valence-electron chi connectivity index (χ0n) is 11.6. The van der Waals surface area contributed by atoms with Gasteiger partial charge >= 0.3 is 6.18 Å². The standard InChI is InChI=1S/C15H19F3N2O/c16-15(17,18)9-20-8-10-7-12(20)3-6-14(10)21-13-4-1-11(19)2-5-13/h1-2,4-5,10,12,14H,3,6-9,19H2.